The van der Waals surface area contributed by atoms with Crippen LogP contribution in [0, 0.1) is 0 Å². The van der Waals surface area contributed by atoms with Crippen molar-refractivity contribution >= 4 is 60.6 Å². The third-order valence-electron chi connectivity index (χ3n) is 10.8. The summed E-state index contributed by atoms with van der Waals surface area (Å²) in [5, 5.41) is 54.1. The van der Waals surface area contributed by atoms with Gasteiger partial charge in [-0.15, -0.1) is 0 Å². The molecule has 4 aromatic carbocycles. The van der Waals surface area contributed by atoms with Gasteiger partial charge in [0.15, 0.2) is 0 Å². The maximum atomic E-state index is 13.8. The van der Waals surface area contributed by atoms with Crippen LogP contribution in [0.3, 0.4) is 0 Å². The second kappa shape index (κ2) is 22.0. The largest absolute Gasteiger partial charge is 0.506 e. The Morgan fingerprint density at radius 2 is 0.791 bits per heavy atom. The van der Waals surface area contributed by atoms with Gasteiger partial charge in [-0.25, -0.2) is 4.79 Å². The Labute approximate surface area is 415 Å². The highest BCUT2D eigenvalue weighted by molar-refractivity contribution is 8.01. The molecule has 1 heterocycles. The summed E-state index contributed by atoms with van der Waals surface area (Å²) < 4.78 is 32.1. The number of aliphatic hydroxyl groups is 1. The molecule has 0 unspecified atom stereocenters. The summed E-state index contributed by atoms with van der Waals surface area (Å²) in [6.07, 6.45) is 0. The van der Waals surface area contributed by atoms with Crippen molar-refractivity contribution in [2.24, 2.45) is 0 Å². The minimum absolute atomic E-state index is 0.0935. The third-order valence-corrected chi connectivity index (χ3v) is 17.8. The number of rotatable bonds is 11. The highest BCUT2D eigenvalue weighted by atomic mass is 32.2. The Morgan fingerprint density at radius 1 is 0.537 bits per heavy atom. The van der Waals surface area contributed by atoms with Crippen molar-refractivity contribution in [2.45, 2.75) is 177 Å². The fraction of sp³-hybridized carbons (Fsp3) is 0.510. The molecular weight excluding hydrogens is 946 g/mol. The lowest BCUT2D eigenvalue weighted by atomic mass is 9.87. The summed E-state index contributed by atoms with van der Waals surface area (Å²) in [4.78, 5) is 14.5. The number of hydrogen-bond acceptors (Lipinski definition) is 14. The first-order valence-electron chi connectivity index (χ1n) is 22.4. The Bertz CT molecular complexity index is 2340. The van der Waals surface area contributed by atoms with E-state index in [1.807, 2.05) is 50.2 Å². The second-order valence-corrected chi connectivity index (χ2v) is 27.9. The first-order chi connectivity index (χ1) is 30.8. The molecule has 5 rings (SSSR count). The molecule has 0 saturated heterocycles. The number of carbonyl (C=O) groups is 1. The van der Waals surface area contributed by atoms with E-state index in [4.69, 9.17) is 28.8 Å². The molecule has 6 N–H and O–H groups in total. The van der Waals surface area contributed by atoms with Crippen LogP contribution in [0.4, 0.5) is 0 Å². The van der Waals surface area contributed by atoms with Crippen LogP contribution in [0.25, 0.3) is 0 Å². The molecule has 1 aliphatic rings. The smallest absolute Gasteiger partial charge is 0.349 e. The molecular formula is C51H72NO10PS4. The fourth-order valence-corrected chi connectivity index (χ4v) is 12.8. The van der Waals surface area contributed by atoms with E-state index in [-0.39, 0.29) is 58.7 Å². The van der Waals surface area contributed by atoms with Gasteiger partial charge in [0.2, 0.25) is 0 Å². The summed E-state index contributed by atoms with van der Waals surface area (Å²) in [6.45, 7) is 33.3. The molecule has 0 amide bonds. The van der Waals surface area contributed by atoms with Crippen LogP contribution >= 0.6 is 54.6 Å². The number of ether oxygens (including phenoxy) is 1. The lowest BCUT2D eigenvalue weighted by Crippen LogP contribution is -2.42. The van der Waals surface area contributed by atoms with E-state index in [9.17, 15) is 19.9 Å². The Hall–Kier alpha value is -2.98. The Balaban J connectivity index is 0.00000186. The number of benzene rings is 4. The quantitative estimate of drug-likeness (QED) is 0.0544. The van der Waals surface area contributed by atoms with Gasteiger partial charge in [-0.3, -0.25) is 9.88 Å². The maximum absolute atomic E-state index is 13.8. The molecule has 8 bridgehead atoms. The molecule has 0 saturated carbocycles. The monoisotopic (exact) mass is 1020 g/mol. The van der Waals surface area contributed by atoms with Crippen molar-refractivity contribution < 1.29 is 48.7 Å². The SMILES string of the molecule is CCOP(=O)(OCC)C(C)(C)NCCOc1c2cc(C(C)(C)C)cc1Sc1cc(C(C)(C)C)cc(c1O)Sc1cc(C(C)(C)C)cc(c1O)Sc1cc(C(C)(C)C)cc(c1O)S2.O=C(O)CO. The van der Waals surface area contributed by atoms with Gasteiger partial charge >= 0.3 is 13.6 Å². The van der Waals surface area contributed by atoms with Gasteiger partial charge in [0.05, 0.1) is 52.4 Å². The van der Waals surface area contributed by atoms with E-state index in [0.717, 1.165) is 32.0 Å². The van der Waals surface area contributed by atoms with E-state index >= 15 is 0 Å². The molecule has 0 atom stereocenters. The highest BCUT2D eigenvalue weighted by Crippen LogP contribution is 2.59. The molecule has 67 heavy (non-hydrogen) atoms. The summed E-state index contributed by atoms with van der Waals surface area (Å²) in [6, 6.07) is 16.4. The normalized spacial score (nSPS) is 13.7. The van der Waals surface area contributed by atoms with E-state index in [1.165, 1.54) is 47.0 Å². The minimum Gasteiger partial charge on any atom is -0.506 e. The standard InChI is InChI=1S/C49H68NO7PS4.C2H4O3/c1-17-56-58(54,57-18-2)49(15,16)50-19-20-55-44-39-27-32(48(12,13)14)28-40(44)62-38-26-31(47(9,10)11)24-36(43(38)53)60-34-22-29(45(3,4)5)21-33(41(34)51)59-35-23-30(46(6,7)8)25-37(61-39)42(35)52;3-1-2(4)5/h21-28,50-53H,17-20H2,1-16H3;3H,1H2,(H,4,5). The Kier molecular flexibility index (Phi) is 18.6. The summed E-state index contributed by atoms with van der Waals surface area (Å²) in [5.74, 6) is -0.277. The van der Waals surface area contributed by atoms with Crippen molar-refractivity contribution in [1.29, 1.82) is 0 Å². The predicted octanol–water partition coefficient (Wildman–Crippen LogP) is 13.9. The van der Waals surface area contributed by atoms with Crippen LogP contribution in [0.2, 0.25) is 0 Å². The molecule has 0 fully saturated rings. The number of carboxylic acids is 1. The molecule has 370 valence electrons. The zero-order valence-corrected chi connectivity index (χ0v) is 46.2. The van der Waals surface area contributed by atoms with Crippen molar-refractivity contribution in [2.75, 3.05) is 33.0 Å². The van der Waals surface area contributed by atoms with Crippen LogP contribution < -0.4 is 10.1 Å². The predicted molar refractivity (Wildman–Crippen MR) is 275 cm³/mol. The molecule has 0 aliphatic carbocycles. The number of hydrogen-bond donors (Lipinski definition) is 6. The minimum atomic E-state index is -3.52. The number of aliphatic hydroxyl groups excluding tert-OH is 1. The van der Waals surface area contributed by atoms with Gasteiger partial charge in [-0.05, 0) is 120 Å². The summed E-state index contributed by atoms with van der Waals surface area (Å²) >= 11 is 5.55. The number of nitrogens with one attached hydrogen (secondary N) is 1. The van der Waals surface area contributed by atoms with Gasteiger partial charge in [0.1, 0.15) is 41.5 Å². The average molecular weight is 1020 g/mol. The van der Waals surface area contributed by atoms with E-state index in [2.05, 4.69) is 101 Å². The first kappa shape index (κ1) is 56.6. The van der Waals surface area contributed by atoms with Gasteiger partial charge in [-0.1, -0.05) is 130 Å². The van der Waals surface area contributed by atoms with Gasteiger partial charge in [-0.2, -0.15) is 0 Å². The fourth-order valence-electron chi connectivity index (χ4n) is 6.60. The number of carboxylic acid groups (broad SMARTS) is 1. The lowest BCUT2D eigenvalue weighted by Gasteiger charge is -2.33. The van der Waals surface area contributed by atoms with Crippen LogP contribution in [-0.2, 0) is 40.1 Å². The molecule has 0 aromatic heterocycles. The van der Waals surface area contributed by atoms with E-state index in [0.29, 0.717) is 41.7 Å². The van der Waals surface area contributed by atoms with Crippen molar-refractivity contribution in [3.8, 4) is 23.0 Å². The molecule has 0 radical (unpaired) electrons. The molecule has 1 aliphatic heterocycles. The second-order valence-electron chi connectivity index (χ2n) is 20.9. The van der Waals surface area contributed by atoms with Crippen molar-refractivity contribution in [3.05, 3.63) is 70.8 Å². The molecule has 0 spiro atoms. The number of fused-ring (bicyclic) bond motifs is 8. The molecule has 16 heteroatoms. The highest BCUT2D eigenvalue weighted by Gasteiger charge is 2.43. The first-order valence-corrected chi connectivity index (χ1v) is 27.2. The Morgan fingerprint density at radius 3 is 1.03 bits per heavy atom. The topological polar surface area (TPSA) is 175 Å². The zero-order valence-electron chi connectivity index (χ0n) is 42.0. The van der Waals surface area contributed by atoms with Crippen molar-refractivity contribution in [1.82, 2.24) is 5.32 Å². The molecule has 4 aromatic rings. The lowest BCUT2D eigenvalue weighted by molar-refractivity contribution is -0.140. The number of aromatic hydroxyl groups is 3. The number of phenolic OH excluding ortho intramolecular Hbond substituents is 3. The zero-order chi connectivity index (χ0) is 50.7. The summed E-state index contributed by atoms with van der Waals surface area (Å²) in [5.41, 5.74) is 3.07. The number of phenols is 3. The van der Waals surface area contributed by atoms with Crippen LogP contribution in [0.1, 0.15) is 133 Å². The van der Waals surface area contributed by atoms with Crippen LogP contribution in [-0.4, -0.2) is 69.8 Å². The average Bonchev–Trinajstić information content (AvgIpc) is 3.19. The van der Waals surface area contributed by atoms with Gasteiger partial charge < -0.3 is 39.3 Å². The van der Waals surface area contributed by atoms with Gasteiger partial charge in [0, 0.05) is 6.54 Å². The maximum Gasteiger partial charge on any atom is 0.349 e. The molecule has 11 nitrogen and oxygen atoms in total. The van der Waals surface area contributed by atoms with Gasteiger partial charge in [0.25, 0.3) is 0 Å². The third kappa shape index (κ3) is 14.3. The summed E-state index contributed by atoms with van der Waals surface area (Å²) in [7, 11) is -3.52. The van der Waals surface area contributed by atoms with Crippen LogP contribution in [0.5, 0.6) is 23.0 Å². The van der Waals surface area contributed by atoms with Crippen LogP contribution in [0.15, 0.2) is 87.7 Å². The van der Waals surface area contributed by atoms with E-state index in [1.54, 1.807) is 13.8 Å². The van der Waals surface area contributed by atoms with Crippen molar-refractivity contribution in [3.63, 3.8) is 0 Å². The van der Waals surface area contributed by atoms with E-state index < -0.39 is 25.5 Å². The number of aliphatic carboxylic acids is 1.